The first-order valence-corrected chi connectivity index (χ1v) is 22.3. The maximum Gasteiger partial charge on any atom is 0.408 e. The van der Waals surface area contributed by atoms with Crippen LogP contribution >= 0.6 is 0 Å². The van der Waals surface area contributed by atoms with Gasteiger partial charge in [-0.25, -0.2) is 14.8 Å². The van der Waals surface area contributed by atoms with Gasteiger partial charge in [0, 0.05) is 30.4 Å². The number of alkyl carbamates (subject to hydrolysis) is 1. The Hall–Kier alpha value is -5.71. The van der Waals surface area contributed by atoms with Gasteiger partial charge in [-0.05, 0) is 120 Å². The van der Waals surface area contributed by atoms with Gasteiger partial charge in [0.1, 0.15) is 23.3 Å². The number of H-pyrrole nitrogens is 2. The van der Waals surface area contributed by atoms with Gasteiger partial charge < -0.3 is 29.8 Å². The molecule has 3 amide bonds. The van der Waals surface area contributed by atoms with Gasteiger partial charge in [-0.1, -0.05) is 84.9 Å². The number of amides is 3. The van der Waals surface area contributed by atoms with Crippen molar-refractivity contribution < 1.29 is 19.1 Å². The predicted molar refractivity (Wildman–Crippen MR) is 234 cm³/mol. The summed E-state index contributed by atoms with van der Waals surface area (Å²) in [6, 6.07) is 27.4. The molecule has 3 aliphatic carbocycles. The molecule has 318 valence electrons. The molecule has 0 spiro atoms. The molecule has 3 saturated carbocycles. The third-order valence-electron chi connectivity index (χ3n) is 14.2. The van der Waals surface area contributed by atoms with Gasteiger partial charge in [0.2, 0.25) is 5.91 Å². The zero-order valence-corrected chi connectivity index (χ0v) is 36.0. The van der Waals surface area contributed by atoms with Crippen LogP contribution in [-0.2, 0) is 25.2 Å². The first-order chi connectivity index (χ1) is 29.4. The van der Waals surface area contributed by atoms with E-state index in [0.29, 0.717) is 6.54 Å². The second-order valence-electron chi connectivity index (χ2n) is 19.0. The Kier molecular flexibility index (Phi) is 10.9. The summed E-state index contributed by atoms with van der Waals surface area (Å²) in [6.45, 7) is 8.79. The molecule has 2 saturated heterocycles. The number of carbonyl (C=O) groups is 3. The van der Waals surface area contributed by atoms with Crippen molar-refractivity contribution in [3.63, 3.8) is 0 Å². The van der Waals surface area contributed by atoms with Crippen LogP contribution in [0.25, 0.3) is 11.3 Å². The Labute approximate surface area is 359 Å². The molecular formula is C50H59N7O4. The van der Waals surface area contributed by atoms with E-state index in [1.165, 1.54) is 11.3 Å². The van der Waals surface area contributed by atoms with Crippen molar-refractivity contribution in [1.82, 2.24) is 35.1 Å². The van der Waals surface area contributed by atoms with Crippen molar-refractivity contribution in [3.05, 3.63) is 131 Å². The van der Waals surface area contributed by atoms with Gasteiger partial charge in [-0.15, -0.1) is 0 Å². The quantitative estimate of drug-likeness (QED) is 0.128. The zero-order chi connectivity index (χ0) is 42.4. The molecule has 5 aliphatic rings. The molecule has 61 heavy (non-hydrogen) atoms. The minimum Gasteiger partial charge on any atom is -0.444 e. The summed E-state index contributed by atoms with van der Waals surface area (Å²) in [7, 11) is 0. The Balaban J connectivity index is 0.848. The Morgan fingerprint density at radius 2 is 1.25 bits per heavy atom. The first kappa shape index (κ1) is 40.7. The highest BCUT2D eigenvalue weighted by Gasteiger charge is 2.51. The lowest BCUT2D eigenvalue weighted by atomic mass is 9.51. The molecule has 0 unspecified atom stereocenters. The molecule has 0 radical (unpaired) electrons. The van der Waals surface area contributed by atoms with E-state index < -0.39 is 17.7 Å². The number of hydrogen-bond donors (Lipinski definition) is 3. The largest absolute Gasteiger partial charge is 0.444 e. The number of fused-ring (bicyclic) bond motifs is 3. The van der Waals surface area contributed by atoms with Crippen molar-refractivity contribution in [2.24, 2.45) is 0 Å². The van der Waals surface area contributed by atoms with E-state index in [1.54, 1.807) is 0 Å². The van der Waals surface area contributed by atoms with Gasteiger partial charge in [0.15, 0.2) is 0 Å². The summed E-state index contributed by atoms with van der Waals surface area (Å²) in [5, 5.41) is 2.87. The lowest BCUT2D eigenvalue weighted by Gasteiger charge is -2.53. The first-order valence-electron chi connectivity index (χ1n) is 22.3. The van der Waals surface area contributed by atoms with E-state index >= 15 is 0 Å². The number of hydrogen-bond acceptors (Lipinski definition) is 6. The number of imidazole rings is 2. The maximum atomic E-state index is 14.3. The van der Waals surface area contributed by atoms with E-state index in [4.69, 9.17) is 14.7 Å². The van der Waals surface area contributed by atoms with Crippen LogP contribution < -0.4 is 5.32 Å². The minimum atomic E-state index is -0.866. The molecule has 10 rings (SSSR count). The fraction of sp³-hybridized carbons (Fsp3) is 0.460. The number of likely N-dealkylation sites (tertiary alicyclic amines) is 2. The second kappa shape index (κ2) is 16.3. The Bertz CT molecular complexity index is 2320. The summed E-state index contributed by atoms with van der Waals surface area (Å²) in [4.78, 5) is 61.8. The fourth-order valence-corrected chi connectivity index (χ4v) is 10.7. The third-order valence-corrected chi connectivity index (χ3v) is 14.2. The SMILES string of the molecule is C[C@H](C(=O)N1CCC[C@H]1c1ncc(-c2ccc(C34CCC(c5cnc([C@@H]6CCCN6C(=O)[C@H](NC(=O)OC(C)(C)C)c6ccccc6)[nH]5)(CC3)CC4)cc2)[nH]1)c1ccccc1. The van der Waals surface area contributed by atoms with Crippen molar-refractivity contribution in [2.75, 3.05) is 13.1 Å². The molecular weight excluding hydrogens is 763 g/mol. The Morgan fingerprint density at radius 3 is 1.85 bits per heavy atom. The highest BCUT2D eigenvalue weighted by atomic mass is 16.6. The molecule has 3 N–H and O–H groups in total. The van der Waals surface area contributed by atoms with Crippen LogP contribution in [0.15, 0.2) is 97.3 Å². The molecule has 5 aromatic rings. The van der Waals surface area contributed by atoms with E-state index in [2.05, 4.69) is 39.6 Å². The highest BCUT2D eigenvalue weighted by molar-refractivity contribution is 5.87. The number of aromatic amines is 2. The molecule has 5 fully saturated rings. The van der Waals surface area contributed by atoms with E-state index in [0.717, 1.165) is 105 Å². The van der Waals surface area contributed by atoms with Crippen LogP contribution in [-0.4, -0.2) is 66.3 Å². The summed E-state index contributed by atoms with van der Waals surface area (Å²) in [5.74, 6) is 1.49. The topological polar surface area (TPSA) is 136 Å². The Morgan fingerprint density at radius 1 is 0.705 bits per heavy atom. The fourth-order valence-electron chi connectivity index (χ4n) is 10.7. The summed E-state index contributed by atoms with van der Waals surface area (Å²) < 4.78 is 5.56. The zero-order valence-electron chi connectivity index (χ0n) is 36.0. The monoisotopic (exact) mass is 821 g/mol. The van der Waals surface area contributed by atoms with Gasteiger partial charge in [-0.3, -0.25) is 9.59 Å². The molecule has 2 bridgehead atoms. The lowest BCUT2D eigenvalue weighted by Crippen LogP contribution is -2.46. The van der Waals surface area contributed by atoms with Crippen LogP contribution in [0.5, 0.6) is 0 Å². The predicted octanol–water partition coefficient (Wildman–Crippen LogP) is 9.74. The molecule has 4 atom stereocenters. The van der Waals surface area contributed by atoms with E-state index in [1.807, 2.05) is 111 Å². The maximum absolute atomic E-state index is 14.3. The van der Waals surface area contributed by atoms with Gasteiger partial charge >= 0.3 is 6.09 Å². The number of nitrogens with one attached hydrogen (secondary N) is 3. The summed E-state index contributed by atoms with van der Waals surface area (Å²) >= 11 is 0. The van der Waals surface area contributed by atoms with Crippen LogP contribution in [0, 0.1) is 0 Å². The van der Waals surface area contributed by atoms with Crippen LogP contribution in [0.2, 0.25) is 0 Å². The highest BCUT2D eigenvalue weighted by Crippen LogP contribution is 2.58. The van der Waals surface area contributed by atoms with Crippen molar-refractivity contribution >= 4 is 17.9 Å². The average Bonchev–Trinajstić information content (AvgIpc) is 4.13. The van der Waals surface area contributed by atoms with E-state index in [9.17, 15) is 14.4 Å². The van der Waals surface area contributed by atoms with Crippen LogP contribution in [0.4, 0.5) is 4.79 Å². The lowest BCUT2D eigenvalue weighted by molar-refractivity contribution is -0.135. The smallest absolute Gasteiger partial charge is 0.408 e. The van der Waals surface area contributed by atoms with Crippen molar-refractivity contribution in [1.29, 1.82) is 0 Å². The summed E-state index contributed by atoms with van der Waals surface area (Å²) in [5.41, 5.74) is 5.96. The normalized spacial score (nSPS) is 24.7. The van der Waals surface area contributed by atoms with Crippen LogP contribution in [0.1, 0.15) is 150 Å². The van der Waals surface area contributed by atoms with Gasteiger partial charge in [-0.2, -0.15) is 0 Å². The molecule has 3 aromatic carbocycles. The molecule has 11 nitrogen and oxygen atoms in total. The molecule has 11 heteroatoms. The molecule has 2 aliphatic heterocycles. The van der Waals surface area contributed by atoms with E-state index in [-0.39, 0.29) is 40.6 Å². The summed E-state index contributed by atoms with van der Waals surface area (Å²) in [6.07, 6.45) is 13.5. The second-order valence-corrected chi connectivity index (χ2v) is 19.0. The number of ether oxygens (including phenoxy) is 1. The molecule has 2 aromatic heterocycles. The number of benzene rings is 3. The molecule has 4 heterocycles. The number of nitrogens with zero attached hydrogens (tertiary/aromatic N) is 4. The standard InChI is InChI=1S/C50H59N7O4/c1-33(34-13-7-5-8-14-34)45(58)56-29-11-17-39(56)43-51-31-38(53-43)35-19-21-37(22-20-35)49-23-26-50(27-24-49,28-25-49)41-32-52-44(54-41)40-18-12-30-57(40)46(59)42(36-15-9-6-10-16-36)55-47(60)61-48(2,3)4/h5-10,13-16,19-22,31-33,39-40,42H,11-12,17-18,23-30H2,1-4H3,(H,51,53)(H,52,54)(H,55,60)/t33-,39-,40-,42+,49?,50?/m0/s1. The number of rotatable bonds is 10. The number of carbonyl (C=O) groups excluding carboxylic acids is 3. The van der Waals surface area contributed by atoms with Crippen molar-refractivity contribution in [3.8, 4) is 11.3 Å². The number of aromatic nitrogens is 4. The van der Waals surface area contributed by atoms with Crippen LogP contribution in [0.3, 0.4) is 0 Å². The van der Waals surface area contributed by atoms with Crippen molar-refractivity contribution in [2.45, 2.75) is 132 Å². The average molecular weight is 822 g/mol. The minimum absolute atomic E-state index is 0.0408. The van der Waals surface area contributed by atoms with Gasteiger partial charge in [0.05, 0.1) is 29.9 Å². The van der Waals surface area contributed by atoms with Gasteiger partial charge in [0.25, 0.3) is 5.91 Å². The third kappa shape index (κ3) is 7.99.